The molecule has 0 aliphatic carbocycles. The lowest BCUT2D eigenvalue weighted by Crippen LogP contribution is -2.41. The van der Waals surface area contributed by atoms with Gasteiger partial charge < -0.3 is 14.6 Å². The molecule has 6 nitrogen and oxygen atoms in total. The van der Waals surface area contributed by atoms with Gasteiger partial charge in [-0.05, 0) is 0 Å². The summed E-state index contributed by atoms with van der Waals surface area (Å²) in [5.74, 6) is 1.14. The average molecular weight is 280 g/mol. The minimum Gasteiger partial charge on any atom is -0.379 e. The maximum Gasteiger partial charge on any atom is 0.221 e. The van der Waals surface area contributed by atoms with Gasteiger partial charge in [0.25, 0.3) is 0 Å². The molecule has 2 rings (SSSR count). The molecule has 0 unspecified atom stereocenters. The van der Waals surface area contributed by atoms with Crippen molar-refractivity contribution >= 4 is 5.91 Å². The van der Waals surface area contributed by atoms with E-state index in [1.807, 2.05) is 10.8 Å². The lowest BCUT2D eigenvalue weighted by atomic mass is 10.3. The number of nitrogens with one attached hydrogen (secondary N) is 1. The number of hydrogen-bond donors (Lipinski definition) is 1. The van der Waals surface area contributed by atoms with E-state index in [2.05, 4.69) is 22.1 Å². The Morgan fingerprint density at radius 3 is 2.95 bits per heavy atom. The number of rotatable bonds is 7. The van der Waals surface area contributed by atoms with E-state index in [0.717, 1.165) is 45.1 Å². The topological polar surface area (TPSA) is 59.4 Å². The van der Waals surface area contributed by atoms with Gasteiger partial charge in [-0.1, -0.05) is 6.92 Å². The molecule has 1 aromatic rings. The monoisotopic (exact) mass is 280 g/mol. The Kier molecular flexibility index (Phi) is 6.01. The molecule has 6 heteroatoms. The normalized spacial score (nSPS) is 16.2. The molecule has 0 spiro atoms. The van der Waals surface area contributed by atoms with E-state index < -0.39 is 0 Å². The first kappa shape index (κ1) is 15.0. The van der Waals surface area contributed by atoms with Crippen LogP contribution in [0, 0.1) is 0 Å². The first-order valence-electron chi connectivity index (χ1n) is 7.36. The minimum atomic E-state index is 0.106. The molecule has 20 heavy (non-hydrogen) atoms. The summed E-state index contributed by atoms with van der Waals surface area (Å²) >= 11 is 0. The van der Waals surface area contributed by atoms with Gasteiger partial charge >= 0.3 is 0 Å². The Morgan fingerprint density at radius 2 is 2.20 bits per heavy atom. The van der Waals surface area contributed by atoms with E-state index in [4.69, 9.17) is 4.74 Å². The second-order valence-corrected chi connectivity index (χ2v) is 4.94. The molecule has 112 valence electrons. The lowest BCUT2D eigenvalue weighted by molar-refractivity contribution is -0.121. The molecule has 0 atom stereocenters. The first-order valence-corrected chi connectivity index (χ1v) is 7.36. The van der Waals surface area contributed by atoms with E-state index in [1.165, 1.54) is 0 Å². The Labute approximate surface area is 120 Å². The summed E-state index contributed by atoms with van der Waals surface area (Å²) in [5, 5.41) is 2.97. The van der Waals surface area contributed by atoms with E-state index in [0.29, 0.717) is 19.5 Å². The van der Waals surface area contributed by atoms with Crippen molar-refractivity contribution in [2.75, 3.05) is 39.4 Å². The van der Waals surface area contributed by atoms with Crippen LogP contribution in [0.5, 0.6) is 0 Å². The van der Waals surface area contributed by atoms with Crippen LogP contribution in [0.15, 0.2) is 12.4 Å². The molecule has 1 N–H and O–H groups in total. The summed E-state index contributed by atoms with van der Waals surface area (Å²) < 4.78 is 7.33. The van der Waals surface area contributed by atoms with Gasteiger partial charge in [0.05, 0.1) is 13.2 Å². The number of carbonyl (C=O) groups excluding carboxylic acids is 1. The van der Waals surface area contributed by atoms with Crippen molar-refractivity contribution in [3.63, 3.8) is 0 Å². The summed E-state index contributed by atoms with van der Waals surface area (Å²) in [6.07, 6.45) is 5.12. The third kappa shape index (κ3) is 4.61. The highest BCUT2D eigenvalue weighted by atomic mass is 16.5. The molecule has 2 heterocycles. The second kappa shape index (κ2) is 8.01. The summed E-state index contributed by atoms with van der Waals surface area (Å²) in [4.78, 5) is 18.4. The summed E-state index contributed by atoms with van der Waals surface area (Å²) in [5.41, 5.74) is 0. The zero-order chi connectivity index (χ0) is 14.2. The van der Waals surface area contributed by atoms with Gasteiger partial charge in [0.15, 0.2) is 0 Å². The number of nitrogens with zero attached hydrogens (tertiary/aromatic N) is 3. The SMILES string of the molecule is CCc1nccn1CCC(=O)NCCN1CCOCC1. The van der Waals surface area contributed by atoms with Crippen LogP contribution in [0.3, 0.4) is 0 Å². The smallest absolute Gasteiger partial charge is 0.221 e. The summed E-state index contributed by atoms with van der Waals surface area (Å²) in [7, 11) is 0. The van der Waals surface area contributed by atoms with Gasteiger partial charge in [-0.15, -0.1) is 0 Å². The van der Waals surface area contributed by atoms with Crippen LogP contribution in [0.2, 0.25) is 0 Å². The third-order valence-electron chi connectivity index (χ3n) is 3.55. The van der Waals surface area contributed by atoms with Crippen LogP contribution in [0.25, 0.3) is 0 Å². The Hall–Kier alpha value is -1.40. The van der Waals surface area contributed by atoms with Crippen molar-refractivity contribution < 1.29 is 9.53 Å². The lowest BCUT2D eigenvalue weighted by Gasteiger charge is -2.26. The second-order valence-electron chi connectivity index (χ2n) is 4.94. The molecule has 0 bridgehead atoms. The van der Waals surface area contributed by atoms with Gasteiger partial charge in [-0.25, -0.2) is 4.98 Å². The van der Waals surface area contributed by atoms with Crippen molar-refractivity contribution in [1.82, 2.24) is 19.8 Å². The van der Waals surface area contributed by atoms with Crippen molar-refractivity contribution in [3.05, 3.63) is 18.2 Å². The van der Waals surface area contributed by atoms with Gasteiger partial charge in [0.2, 0.25) is 5.91 Å². The Balaban J connectivity index is 1.60. The van der Waals surface area contributed by atoms with Crippen molar-refractivity contribution in [3.8, 4) is 0 Å². The number of carbonyl (C=O) groups is 1. The summed E-state index contributed by atoms with van der Waals surface area (Å²) in [6.45, 7) is 7.91. The molecule has 1 aliphatic heterocycles. The Morgan fingerprint density at radius 1 is 1.40 bits per heavy atom. The van der Waals surface area contributed by atoms with Crippen molar-refractivity contribution in [2.45, 2.75) is 26.3 Å². The van der Waals surface area contributed by atoms with Crippen LogP contribution in [0.1, 0.15) is 19.2 Å². The van der Waals surface area contributed by atoms with E-state index in [9.17, 15) is 4.79 Å². The number of imidazole rings is 1. The molecule has 1 amide bonds. The molecule has 1 fully saturated rings. The predicted molar refractivity (Wildman–Crippen MR) is 76.5 cm³/mol. The Bertz CT molecular complexity index is 413. The molecule has 0 saturated carbocycles. The van der Waals surface area contributed by atoms with Crippen LogP contribution in [-0.4, -0.2) is 59.8 Å². The standard InChI is InChI=1S/C14H24N4O2/c1-2-13-15-5-8-18(13)6-3-14(19)16-4-7-17-9-11-20-12-10-17/h5,8H,2-4,6-7,9-12H2,1H3,(H,16,19). The fourth-order valence-corrected chi connectivity index (χ4v) is 2.35. The highest BCUT2D eigenvalue weighted by Crippen LogP contribution is 2.00. The number of aromatic nitrogens is 2. The largest absolute Gasteiger partial charge is 0.379 e. The molecule has 1 aliphatic rings. The zero-order valence-electron chi connectivity index (χ0n) is 12.2. The summed E-state index contributed by atoms with van der Waals surface area (Å²) in [6, 6.07) is 0. The molecule has 1 saturated heterocycles. The molecule has 0 aromatic carbocycles. The van der Waals surface area contributed by atoms with Crippen molar-refractivity contribution in [2.24, 2.45) is 0 Å². The molecular formula is C14H24N4O2. The van der Waals surface area contributed by atoms with Crippen LogP contribution < -0.4 is 5.32 Å². The van der Waals surface area contributed by atoms with E-state index in [-0.39, 0.29) is 5.91 Å². The number of hydrogen-bond acceptors (Lipinski definition) is 4. The molecule has 1 aromatic heterocycles. The quantitative estimate of drug-likeness (QED) is 0.779. The minimum absolute atomic E-state index is 0.106. The maximum atomic E-state index is 11.8. The van der Waals surface area contributed by atoms with Gasteiger partial charge in [-0.2, -0.15) is 0 Å². The third-order valence-corrected chi connectivity index (χ3v) is 3.55. The maximum absolute atomic E-state index is 11.8. The highest BCUT2D eigenvalue weighted by Gasteiger charge is 2.10. The molecular weight excluding hydrogens is 256 g/mol. The van der Waals surface area contributed by atoms with Gasteiger partial charge in [-0.3, -0.25) is 9.69 Å². The fraction of sp³-hybridized carbons (Fsp3) is 0.714. The van der Waals surface area contributed by atoms with Gasteiger partial charge in [0, 0.05) is 58.0 Å². The van der Waals surface area contributed by atoms with Crippen molar-refractivity contribution in [1.29, 1.82) is 0 Å². The van der Waals surface area contributed by atoms with Crippen LogP contribution in [0.4, 0.5) is 0 Å². The average Bonchev–Trinajstić information content (AvgIpc) is 2.94. The number of aryl methyl sites for hydroxylation is 2. The number of ether oxygens (including phenoxy) is 1. The van der Waals surface area contributed by atoms with Crippen LogP contribution >= 0.6 is 0 Å². The first-order chi connectivity index (χ1) is 9.79. The molecule has 0 radical (unpaired) electrons. The number of morpholine rings is 1. The van der Waals surface area contributed by atoms with E-state index >= 15 is 0 Å². The highest BCUT2D eigenvalue weighted by molar-refractivity contribution is 5.75. The van der Waals surface area contributed by atoms with Crippen LogP contribution in [-0.2, 0) is 22.5 Å². The van der Waals surface area contributed by atoms with E-state index in [1.54, 1.807) is 6.20 Å². The predicted octanol–water partition coefficient (Wildman–Crippen LogP) is 0.284. The zero-order valence-corrected chi connectivity index (χ0v) is 12.2. The fourth-order valence-electron chi connectivity index (χ4n) is 2.35. The van der Waals surface area contributed by atoms with Gasteiger partial charge in [0.1, 0.15) is 5.82 Å². The number of amides is 1.